The van der Waals surface area contributed by atoms with Crippen molar-refractivity contribution < 1.29 is 63.7 Å². The van der Waals surface area contributed by atoms with Crippen molar-refractivity contribution in [1.29, 1.82) is 0 Å². The van der Waals surface area contributed by atoms with Crippen LogP contribution in [0.15, 0.2) is 42.6 Å². The first-order valence-corrected chi connectivity index (χ1v) is 13.5. The lowest BCUT2D eigenvalue weighted by Gasteiger charge is -2.31. The zero-order chi connectivity index (χ0) is 35.6. The summed E-state index contributed by atoms with van der Waals surface area (Å²) in [6.07, 6.45) is -9.97. The Morgan fingerprint density at radius 1 is 1.06 bits per heavy atom. The quantitative estimate of drug-likeness (QED) is 0.183. The van der Waals surface area contributed by atoms with Crippen molar-refractivity contribution >= 4 is 22.7 Å². The van der Waals surface area contributed by atoms with E-state index < -0.39 is 105 Å². The van der Waals surface area contributed by atoms with Crippen LogP contribution < -0.4 is 20.5 Å². The summed E-state index contributed by atoms with van der Waals surface area (Å²) in [6.45, 7) is -1.12. The number of fused-ring (bicyclic) bond motifs is 2. The number of carbonyl (C=O) groups excluding carboxylic acids is 2. The highest BCUT2D eigenvalue weighted by atomic mass is 19.4. The summed E-state index contributed by atoms with van der Waals surface area (Å²) < 4.78 is 137. The van der Waals surface area contributed by atoms with Crippen LogP contribution in [0, 0.1) is 17.5 Å². The number of aliphatic hydroxyl groups is 1. The van der Waals surface area contributed by atoms with Gasteiger partial charge in [0.05, 0.1) is 24.9 Å². The number of nitrogens with two attached hydrogens (primary N) is 1. The summed E-state index contributed by atoms with van der Waals surface area (Å²) in [7, 11) is 1.11. The minimum absolute atomic E-state index is 0.104. The maximum atomic E-state index is 14.9. The number of halogens is 9. The van der Waals surface area contributed by atoms with Crippen molar-refractivity contribution in [2.45, 2.75) is 30.3 Å². The molecule has 2 aromatic heterocycles. The molecule has 5 rings (SSSR count). The molecule has 4 aromatic rings. The van der Waals surface area contributed by atoms with Crippen molar-refractivity contribution in [1.82, 2.24) is 15.3 Å². The SMILES string of the molecule is COc1cc(C(=O)NC[C@](O)(c2cc3c(c(-c4ccc(F)c(F)c4F)n2)OC[C@]3(C)C(N)=O)C(F)(F)F)cc2cc(C(F)(F)F)cnc12. The lowest BCUT2D eigenvalue weighted by atomic mass is 9.81. The Morgan fingerprint density at radius 3 is 2.35 bits per heavy atom. The molecule has 18 heteroatoms. The zero-order valence-corrected chi connectivity index (χ0v) is 24.4. The molecule has 0 saturated carbocycles. The van der Waals surface area contributed by atoms with Crippen LogP contribution in [0.3, 0.4) is 0 Å². The van der Waals surface area contributed by atoms with Crippen molar-refractivity contribution in [2.24, 2.45) is 5.73 Å². The monoisotopic (exact) mass is 688 g/mol. The lowest BCUT2D eigenvalue weighted by molar-refractivity contribution is -0.265. The number of hydrogen-bond acceptors (Lipinski definition) is 7. The molecule has 3 heterocycles. The van der Waals surface area contributed by atoms with E-state index >= 15 is 0 Å². The molecule has 0 unspecified atom stereocenters. The molecule has 2 atom stereocenters. The molecule has 0 spiro atoms. The van der Waals surface area contributed by atoms with Gasteiger partial charge < -0.3 is 25.6 Å². The average molecular weight is 689 g/mol. The van der Waals surface area contributed by atoms with Gasteiger partial charge in [0.25, 0.3) is 5.91 Å². The Hall–Kier alpha value is -5.13. The number of benzene rings is 2. The number of aromatic nitrogens is 2. The van der Waals surface area contributed by atoms with Crippen molar-refractivity contribution in [3.05, 3.63) is 82.4 Å². The van der Waals surface area contributed by atoms with E-state index in [1.54, 1.807) is 0 Å². The summed E-state index contributed by atoms with van der Waals surface area (Å²) in [4.78, 5) is 32.9. The first kappa shape index (κ1) is 34.2. The number of pyridine rings is 2. The normalized spacial score (nSPS) is 17.4. The molecule has 0 radical (unpaired) electrons. The first-order valence-electron chi connectivity index (χ1n) is 13.5. The summed E-state index contributed by atoms with van der Waals surface area (Å²) in [5.74, 6) is -8.69. The number of methoxy groups -OCH3 is 1. The highest BCUT2D eigenvalue weighted by molar-refractivity contribution is 6.00. The molecule has 254 valence electrons. The molecule has 0 fully saturated rings. The Bertz CT molecular complexity index is 1990. The Morgan fingerprint density at radius 2 is 1.75 bits per heavy atom. The van der Waals surface area contributed by atoms with Gasteiger partial charge in [-0.15, -0.1) is 0 Å². The zero-order valence-electron chi connectivity index (χ0n) is 24.4. The van der Waals surface area contributed by atoms with Crippen LogP contribution in [0.25, 0.3) is 22.2 Å². The number of ether oxygens (including phenoxy) is 2. The number of nitrogens with zero attached hydrogens (tertiary/aromatic N) is 2. The third-order valence-corrected chi connectivity index (χ3v) is 7.86. The number of hydrogen-bond donors (Lipinski definition) is 3. The molecule has 1 aliphatic heterocycles. The van der Waals surface area contributed by atoms with Gasteiger partial charge in [0.1, 0.15) is 34.7 Å². The molecule has 0 aliphatic carbocycles. The fourth-order valence-corrected chi connectivity index (χ4v) is 5.00. The van der Waals surface area contributed by atoms with Gasteiger partial charge in [0.2, 0.25) is 11.5 Å². The second-order valence-corrected chi connectivity index (χ2v) is 11.0. The molecule has 48 heavy (non-hydrogen) atoms. The Kier molecular flexibility index (Phi) is 8.22. The number of amides is 2. The van der Waals surface area contributed by atoms with Gasteiger partial charge >= 0.3 is 12.4 Å². The van der Waals surface area contributed by atoms with E-state index in [1.807, 2.05) is 5.32 Å². The molecular formula is C30H21F9N4O5. The van der Waals surface area contributed by atoms with E-state index in [1.165, 1.54) is 0 Å². The van der Waals surface area contributed by atoms with Crippen LogP contribution in [0.1, 0.15) is 34.1 Å². The topological polar surface area (TPSA) is 137 Å². The maximum absolute atomic E-state index is 14.9. The van der Waals surface area contributed by atoms with Gasteiger partial charge in [-0.1, -0.05) is 0 Å². The van der Waals surface area contributed by atoms with Gasteiger partial charge in [-0.3, -0.25) is 14.6 Å². The number of nitrogens with one attached hydrogen (secondary N) is 1. The van der Waals surface area contributed by atoms with Crippen LogP contribution in [-0.2, 0) is 22.0 Å². The minimum atomic E-state index is -5.67. The van der Waals surface area contributed by atoms with E-state index in [2.05, 4.69) is 9.97 Å². The summed E-state index contributed by atoms with van der Waals surface area (Å²) in [5, 5.41) is 12.7. The maximum Gasteiger partial charge on any atom is 0.424 e. The average Bonchev–Trinajstić information content (AvgIpc) is 3.37. The van der Waals surface area contributed by atoms with Crippen LogP contribution in [0.2, 0.25) is 0 Å². The summed E-state index contributed by atoms with van der Waals surface area (Å²) in [5.41, 5.74) is -5.81. The molecule has 2 aromatic carbocycles. The fourth-order valence-electron chi connectivity index (χ4n) is 5.00. The minimum Gasteiger partial charge on any atom is -0.494 e. The highest BCUT2D eigenvalue weighted by Crippen LogP contribution is 2.48. The number of primary amides is 1. The molecule has 4 N–H and O–H groups in total. The Balaban J connectivity index is 1.62. The van der Waals surface area contributed by atoms with Gasteiger partial charge in [-0.25, -0.2) is 18.2 Å². The fraction of sp³-hybridized carbons (Fsp3) is 0.267. The second-order valence-electron chi connectivity index (χ2n) is 11.0. The third-order valence-electron chi connectivity index (χ3n) is 7.86. The predicted molar refractivity (Wildman–Crippen MR) is 147 cm³/mol. The van der Waals surface area contributed by atoms with E-state index in [0.717, 1.165) is 26.2 Å². The third kappa shape index (κ3) is 5.58. The molecule has 9 nitrogen and oxygen atoms in total. The predicted octanol–water partition coefficient (Wildman–Crippen LogP) is 5.06. The van der Waals surface area contributed by atoms with E-state index in [-0.39, 0.29) is 16.7 Å². The van der Waals surface area contributed by atoms with Gasteiger partial charge in [-0.05, 0) is 43.3 Å². The van der Waals surface area contributed by atoms with Crippen molar-refractivity contribution in [3.63, 3.8) is 0 Å². The number of carbonyl (C=O) groups is 2. The molecule has 2 amide bonds. The second kappa shape index (κ2) is 11.5. The smallest absolute Gasteiger partial charge is 0.424 e. The van der Waals surface area contributed by atoms with E-state index in [9.17, 15) is 54.2 Å². The van der Waals surface area contributed by atoms with Crippen molar-refractivity contribution in [3.8, 4) is 22.8 Å². The molecule has 0 bridgehead atoms. The van der Waals surface area contributed by atoms with Crippen LogP contribution in [0.4, 0.5) is 39.5 Å². The number of alkyl halides is 6. The Labute approximate surface area is 263 Å². The molecule has 1 aliphatic rings. The van der Waals surface area contributed by atoms with Gasteiger partial charge in [-0.2, -0.15) is 26.3 Å². The van der Waals surface area contributed by atoms with Crippen LogP contribution in [-0.4, -0.2) is 53.3 Å². The van der Waals surface area contributed by atoms with E-state index in [4.69, 9.17) is 15.2 Å². The highest BCUT2D eigenvalue weighted by Gasteiger charge is 2.58. The summed E-state index contributed by atoms with van der Waals surface area (Å²) in [6, 6.07) is 4.21. The van der Waals surface area contributed by atoms with Crippen molar-refractivity contribution in [2.75, 3.05) is 20.3 Å². The van der Waals surface area contributed by atoms with Crippen LogP contribution in [0.5, 0.6) is 11.5 Å². The largest absolute Gasteiger partial charge is 0.494 e. The summed E-state index contributed by atoms with van der Waals surface area (Å²) >= 11 is 0. The number of rotatable bonds is 7. The van der Waals surface area contributed by atoms with E-state index in [0.29, 0.717) is 30.5 Å². The van der Waals surface area contributed by atoms with Crippen LogP contribution >= 0.6 is 0 Å². The standard InChI is InChI=1S/C30H21F9N4O5/c1-27(26(40)45)11-48-24-16(27)8-19(43-23(24)15-3-4-17(31)21(33)20(15)32)28(46,30(37,38)39)10-42-25(44)13-5-12-6-14(29(34,35)36)9-41-22(12)18(7-13)47-2/h3-9,46H,10-11H2,1-2H3,(H2,40,45)(H,42,44)/t27-,28-/m0/s1. The lowest BCUT2D eigenvalue weighted by Crippen LogP contribution is -2.51. The van der Waals surface area contributed by atoms with Gasteiger partial charge in [0.15, 0.2) is 17.5 Å². The molecular weight excluding hydrogens is 667 g/mol. The van der Waals surface area contributed by atoms with Gasteiger partial charge in [0, 0.05) is 28.3 Å². The first-order chi connectivity index (χ1) is 22.2. The molecule has 0 saturated heterocycles.